The molecule has 13 heavy (non-hydrogen) atoms. The first-order chi connectivity index (χ1) is 6.29. The van der Waals surface area contributed by atoms with Gasteiger partial charge in [-0.1, -0.05) is 13.8 Å². The highest BCUT2D eigenvalue weighted by Crippen LogP contribution is 2.07. The fourth-order valence-corrected chi connectivity index (χ4v) is 1.11. The average Bonchev–Trinajstić information content (AvgIpc) is 2.47. The molecule has 0 radical (unpaired) electrons. The van der Waals surface area contributed by atoms with Crippen LogP contribution >= 0.6 is 0 Å². The average molecular weight is 177 g/mol. The third-order valence-corrected chi connectivity index (χ3v) is 1.85. The summed E-state index contributed by atoms with van der Waals surface area (Å²) in [6.07, 6.45) is 1.76. The molecule has 2 aromatic rings. The summed E-state index contributed by atoms with van der Waals surface area (Å²) >= 11 is 0. The second-order valence-corrected chi connectivity index (χ2v) is 2.58. The molecule has 0 saturated carbocycles. The summed E-state index contributed by atoms with van der Waals surface area (Å²) in [4.78, 5) is 4.31. The highest BCUT2D eigenvalue weighted by atomic mass is 15.3. The molecule has 3 nitrogen and oxygen atoms in total. The minimum atomic E-state index is 0.919. The minimum absolute atomic E-state index is 0.919. The van der Waals surface area contributed by atoms with Crippen molar-refractivity contribution in [1.82, 2.24) is 14.6 Å². The van der Waals surface area contributed by atoms with E-state index in [0.717, 1.165) is 17.0 Å². The zero-order valence-electron chi connectivity index (χ0n) is 8.57. The van der Waals surface area contributed by atoms with E-state index in [2.05, 4.69) is 10.1 Å². The lowest BCUT2D eigenvalue weighted by atomic mass is 10.4. The van der Waals surface area contributed by atoms with Gasteiger partial charge in [0.1, 0.15) is 0 Å². The Kier molecular flexibility index (Phi) is 3.01. The first kappa shape index (κ1) is 9.71. The number of fused-ring (bicyclic) bond motifs is 1. The van der Waals surface area contributed by atoms with Crippen molar-refractivity contribution in [2.45, 2.75) is 27.7 Å². The summed E-state index contributed by atoms with van der Waals surface area (Å²) in [7, 11) is 0. The molecule has 3 heteroatoms. The van der Waals surface area contributed by atoms with Crippen LogP contribution in [-0.2, 0) is 0 Å². The van der Waals surface area contributed by atoms with Crippen molar-refractivity contribution in [3.05, 3.63) is 29.7 Å². The van der Waals surface area contributed by atoms with Gasteiger partial charge in [-0.15, -0.1) is 0 Å². The number of hydrogen-bond donors (Lipinski definition) is 0. The third kappa shape index (κ3) is 1.69. The van der Waals surface area contributed by atoms with Gasteiger partial charge in [0.2, 0.25) is 0 Å². The van der Waals surface area contributed by atoms with Crippen LogP contribution in [0.1, 0.15) is 25.2 Å². The first-order valence-electron chi connectivity index (χ1n) is 4.56. The highest BCUT2D eigenvalue weighted by molar-refractivity contribution is 5.40. The van der Waals surface area contributed by atoms with Crippen molar-refractivity contribution in [3.63, 3.8) is 0 Å². The van der Waals surface area contributed by atoms with E-state index in [4.69, 9.17) is 0 Å². The number of rotatable bonds is 0. The predicted octanol–water partition coefficient (Wildman–Crippen LogP) is 2.37. The van der Waals surface area contributed by atoms with Gasteiger partial charge in [0, 0.05) is 6.20 Å². The number of nitrogens with zero attached hydrogens (tertiary/aromatic N) is 3. The lowest BCUT2D eigenvalue weighted by Crippen LogP contribution is -1.91. The van der Waals surface area contributed by atoms with Crippen LogP contribution in [0, 0.1) is 13.8 Å². The van der Waals surface area contributed by atoms with Gasteiger partial charge >= 0.3 is 0 Å². The number of aryl methyl sites for hydroxylation is 2. The van der Waals surface area contributed by atoms with E-state index in [9.17, 15) is 0 Å². The Hall–Kier alpha value is -1.38. The maximum atomic E-state index is 4.31. The molecule has 0 aliphatic carbocycles. The Labute approximate surface area is 78.4 Å². The lowest BCUT2D eigenvalue weighted by molar-refractivity contribution is 0.895. The summed E-state index contributed by atoms with van der Waals surface area (Å²) in [5.74, 6) is 0. The maximum Gasteiger partial charge on any atom is 0.154 e. The normalized spacial score (nSPS) is 9.54. The Morgan fingerprint density at radius 2 is 1.92 bits per heavy atom. The van der Waals surface area contributed by atoms with Crippen molar-refractivity contribution < 1.29 is 0 Å². The Balaban J connectivity index is 0.000000396. The summed E-state index contributed by atoms with van der Waals surface area (Å²) in [5, 5.41) is 4.16. The summed E-state index contributed by atoms with van der Waals surface area (Å²) in [6, 6.07) is 3.84. The maximum absolute atomic E-state index is 4.31. The van der Waals surface area contributed by atoms with Crippen LogP contribution in [0.25, 0.3) is 5.65 Å². The Morgan fingerprint density at radius 1 is 1.23 bits per heavy atom. The number of aromatic nitrogens is 3. The van der Waals surface area contributed by atoms with Crippen molar-refractivity contribution in [2.75, 3.05) is 0 Å². The molecule has 0 fully saturated rings. The van der Waals surface area contributed by atoms with Gasteiger partial charge < -0.3 is 0 Å². The molecular weight excluding hydrogens is 162 g/mol. The quantitative estimate of drug-likeness (QED) is 0.618. The van der Waals surface area contributed by atoms with Gasteiger partial charge in [0.05, 0.1) is 11.4 Å². The molecule has 0 aliphatic heterocycles. The molecule has 0 bridgehead atoms. The number of hydrogen-bond acceptors (Lipinski definition) is 2. The summed E-state index contributed by atoms with van der Waals surface area (Å²) in [5.41, 5.74) is 3.08. The van der Waals surface area contributed by atoms with Crippen LogP contribution in [0.4, 0.5) is 0 Å². The molecule has 70 valence electrons. The van der Waals surface area contributed by atoms with E-state index in [0.29, 0.717) is 0 Å². The van der Waals surface area contributed by atoms with Crippen LogP contribution in [0.3, 0.4) is 0 Å². The van der Waals surface area contributed by atoms with Crippen molar-refractivity contribution in [3.8, 4) is 0 Å². The molecule has 2 heterocycles. The van der Waals surface area contributed by atoms with E-state index >= 15 is 0 Å². The zero-order valence-corrected chi connectivity index (χ0v) is 8.57. The smallest absolute Gasteiger partial charge is 0.154 e. The van der Waals surface area contributed by atoms with E-state index in [1.54, 1.807) is 6.20 Å². The molecule has 0 unspecified atom stereocenters. The van der Waals surface area contributed by atoms with Gasteiger partial charge in [-0.25, -0.2) is 9.50 Å². The van der Waals surface area contributed by atoms with E-state index in [-0.39, 0.29) is 0 Å². The van der Waals surface area contributed by atoms with Gasteiger partial charge in [-0.05, 0) is 26.0 Å². The van der Waals surface area contributed by atoms with Crippen molar-refractivity contribution in [1.29, 1.82) is 0 Å². The van der Waals surface area contributed by atoms with Crippen LogP contribution in [-0.4, -0.2) is 14.6 Å². The summed E-state index contributed by atoms with van der Waals surface area (Å²) in [6.45, 7) is 8.01. The van der Waals surface area contributed by atoms with Gasteiger partial charge in [0.15, 0.2) is 5.65 Å². The second-order valence-electron chi connectivity index (χ2n) is 2.58. The number of imidazole rings is 1. The van der Waals surface area contributed by atoms with Gasteiger partial charge in [0.25, 0.3) is 0 Å². The Bertz CT molecular complexity index is 390. The topological polar surface area (TPSA) is 30.2 Å². The van der Waals surface area contributed by atoms with Crippen LogP contribution < -0.4 is 0 Å². The van der Waals surface area contributed by atoms with Crippen LogP contribution in [0.2, 0.25) is 0 Å². The standard InChI is InChI=1S/C8H9N3.C2H6/c1-6-7(2)11-8(10-6)4-3-5-9-11;1-2/h3-5H,1-2H3;1-2H3. The molecule has 0 aliphatic rings. The predicted molar refractivity (Wildman–Crippen MR) is 53.8 cm³/mol. The molecule has 0 amide bonds. The van der Waals surface area contributed by atoms with Gasteiger partial charge in [-0.2, -0.15) is 5.10 Å². The molecule has 0 atom stereocenters. The fourth-order valence-electron chi connectivity index (χ4n) is 1.11. The molecule has 2 aromatic heterocycles. The van der Waals surface area contributed by atoms with E-state index in [1.807, 2.05) is 44.3 Å². The van der Waals surface area contributed by atoms with E-state index < -0.39 is 0 Å². The molecule has 0 saturated heterocycles. The molecule has 0 aromatic carbocycles. The van der Waals surface area contributed by atoms with Crippen molar-refractivity contribution in [2.24, 2.45) is 0 Å². The van der Waals surface area contributed by atoms with Crippen LogP contribution in [0.15, 0.2) is 18.3 Å². The Morgan fingerprint density at radius 3 is 2.54 bits per heavy atom. The SMILES string of the molecule is CC.Cc1nc2cccnn2c1C. The summed E-state index contributed by atoms with van der Waals surface area (Å²) < 4.78 is 1.84. The monoisotopic (exact) mass is 177 g/mol. The molecule has 2 rings (SSSR count). The lowest BCUT2D eigenvalue weighted by Gasteiger charge is -1.91. The molecule has 0 N–H and O–H groups in total. The molecular formula is C10H15N3. The van der Waals surface area contributed by atoms with Gasteiger partial charge in [-0.3, -0.25) is 0 Å². The fraction of sp³-hybridized carbons (Fsp3) is 0.400. The van der Waals surface area contributed by atoms with Crippen LogP contribution in [0.5, 0.6) is 0 Å². The first-order valence-corrected chi connectivity index (χ1v) is 4.56. The highest BCUT2D eigenvalue weighted by Gasteiger charge is 2.01. The van der Waals surface area contributed by atoms with E-state index in [1.165, 1.54) is 0 Å². The largest absolute Gasteiger partial charge is 0.232 e. The third-order valence-electron chi connectivity index (χ3n) is 1.85. The zero-order chi connectivity index (χ0) is 9.84. The second kappa shape index (κ2) is 4.03. The minimum Gasteiger partial charge on any atom is -0.232 e. The van der Waals surface area contributed by atoms with Crippen molar-refractivity contribution >= 4 is 5.65 Å². The molecule has 0 spiro atoms.